The number of benzene rings is 1. The highest BCUT2D eigenvalue weighted by Crippen LogP contribution is 2.24. The lowest BCUT2D eigenvalue weighted by atomic mass is 10.1. The zero-order chi connectivity index (χ0) is 14.8. The minimum Gasteiger partial charge on any atom is -0.366 e. The van der Waals surface area contributed by atoms with Crippen LogP contribution in [-0.2, 0) is 0 Å². The molecule has 106 valence electrons. The van der Waals surface area contributed by atoms with Gasteiger partial charge in [0.1, 0.15) is 5.82 Å². The predicted molar refractivity (Wildman–Crippen MR) is 86.3 cm³/mol. The van der Waals surface area contributed by atoms with Gasteiger partial charge in [0.15, 0.2) is 0 Å². The van der Waals surface area contributed by atoms with Gasteiger partial charge in [-0.15, -0.1) is 6.58 Å². The van der Waals surface area contributed by atoms with Crippen molar-refractivity contribution in [2.75, 3.05) is 17.2 Å². The Morgan fingerprint density at radius 2 is 2.00 bits per heavy atom. The first kappa shape index (κ1) is 14.3. The molecular formula is C16H22N4. The van der Waals surface area contributed by atoms with Crippen molar-refractivity contribution >= 4 is 22.7 Å². The molecule has 20 heavy (non-hydrogen) atoms. The highest BCUT2D eigenvalue weighted by Gasteiger charge is 2.13. The third kappa shape index (κ3) is 3.47. The second kappa shape index (κ2) is 5.49. The average molecular weight is 270 g/mol. The van der Waals surface area contributed by atoms with Crippen molar-refractivity contribution in [3.05, 3.63) is 36.4 Å². The first-order valence-electron chi connectivity index (χ1n) is 6.80. The van der Waals surface area contributed by atoms with Crippen LogP contribution in [0.2, 0.25) is 0 Å². The summed E-state index contributed by atoms with van der Waals surface area (Å²) in [5.41, 5.74) is 2.05. The Hall–Kier alpha value is -2.10. The Kier molecular flexibility index (Phi) is 3.93. The summed E-state index contributed by atoms with van der Waals surface area (Å²) in [4.78, 5) is 9.17. The minimum absolute atomic E-state index is 0.0753. The van der Waals surface area contributed by atoms with E-state index in [1.807, 2.05) is 12.1 Å². The van der Waals surface area contributed by atoms with E-state index in [0.717, 1.165) is 16.7 Å². The van der Waals surface area contributed by atoms with Crippen LogP contribution in [0.4, 0.5) is 11.8 Å². The molecule has 0 saturated heterocycles. The molecule has 0 bridgehead atoms. The maximum absolute atomic E-state index is 4.58. The normalized spacial score (nSPS) is 11.4. The Balaban J connectivity index is 2.51. The molecule has 2 rings (SSSR count). The van der Waals surface area contributed by atoms with Crippen LogP contribution in [0.5, 0.6) is 0 Å². The van der Waals surface area contributed by atoms with Gasteiger partial charge in [-0.2, -0.15) is 4.98 Å². The first-order valence-corrected chi connectivity index (χ1v) is 6.80. The van der Waals surface area contributed by atoms with Gasteiger partial charge in [-0.05, 0) is 39.8 Å². The van der Waals surface area contributed by atoms with Gasteiger partial charge in [0, 0.05) is 17.5 Å². The Morgan fingerprint density at radius 3 is 2.65 bits per heavy atom. The first-order chi connectivity index (χ1) is 9.39. The molecule has 1 heterocycles. The molecule has 2 N–H and O–H groups in total. The number of nitrogens with one attached hydrogen (secondary N) is 2. The Labute approximate surface area is 120 Å². The highest BCUT2D eigenvalue weighted by molar-refractivity contribution is 5.90. The van der Waals surface area contributed by atoms with Crippen LogP contribution in [0.3, 0.4) is 0 Å². The number of nitrogens with zero attached hydrogens (tertiary/aromatic N) is 2. The van der Waals surface area contributed by atoms with Gasteiger partial charge in [-0.25, -0.2) is 4.98 Å². The summed E-state index contributed by atoms with van der Waals surface area (Å²) in [7, 11) is 0. The molecule has 4 nitrogen and oxygen atoms in total. The van der Waals surface area contributed by atoms with Crippen LogP contribution < -0.4 is 10.6 Å². The monoisotopic (exact) mass is 270 g/mol. The molecule has 0 radical (unpaired) electrons. The van der Waals surface area contributed by atoms with E-state index >= 15 is 0 Å². The predicted octanol–water partition coefficient (Wildman–Crippen LogP) is 3.75. The fourth-order valence-corrected chi connectivity index (χ4v) is 1.94. The maximum atomic E-state index is 4.58. The number of fused-ring (bicyclic) bond motifs is 1. The van der Waals surface area contributed by atoms with Crippen molar-refractivity contribution in [2.24, 2.45) is 0 Å². The van der Waals surface area contributed by atoms with Gasteiger partial charge in [-0.1, -0.05) is 17.7 Å². The summed E-state index contributed by atoms with van der Waals surface area (Å²) in [6, 6.07) is 6.19. The molecule has 0 aliphatic rings. The van der Waals surface area contributed by atoms with Gasteiger partial charge >= 0.3 is 0 Å². The molecule has 1 aromatic carbocycles. The lowest BCUT2D eigenvalue weighted by Crippen LogP contribution is -2.27. The number of anilines is 2. The molecule has 0 fully saturated rings. The number of hydrogen-bond donors (Lipinski definition) is 2. The summed E-state index contributed by atoms with van der Waals surface area (Å²) < 4.78 is 0. The van der Waals surface area contributed by atoms with E-state index in [2.05, 4.69) is 67.0 Å². The number of hydrogen-bond acceptors (Lipinski definition) is 4. The standard InChI is InChI=1S/C16H22N4/c1-6-9-17-14-12-10-11(2)7-8-13(12)18-15(19-14)20-16(3,4)5/h6-8,10H,1,9H2,2-5H3,(H2,17,18,19,20). The lowest BCUT2D eigenvalue weighted by Gasteiger charge is -2.21. The van der Waals surface area contributed by atoms with E-state index < -0.39 is 0 Å². The molecular weight excluding hydrogens is 248 g/mol. The van der Waals surface area contributed by atoms with Crippen LogP contribution in [0.1, 0.15) is 26.3 Å². The SMILES string of the molecule is C=CCNc1nc(NC(C)(C)C)nc2ccc(C)cc12. The zero-order valence-electron chi connectivity index (χ0n) is 12.6. The number of rotatable bonds is 4. The quantitative estimate of drug-likeness (QED) is 0.831. The second-order valence-electron chi connectivity index (χ2n) is 5.96. The molecule has 0 atom stereocenters. The third-order valence-electron chi connectivity index (χ3n) is 2.75. The molecule has 0 aliphatic carbocycles. The van der Waals surface area contributed by atoms with Crippen molar-refractivity contribution in [3.8, 4) is 0 Å². The van der Waals surface area contributed by atoms with Gasteiger partial charge in [0.05, 0.1) is 5.52 Å². The number of aromatic nitrogens is 2. The molecule has 1 aromatic heterocycles. The fourth-order valence-electron chi connectivity index (χ4n) is 1.94. The van der Waals surface area contributed by atoms with Gasteiger partial charge in [0.2, 0.25) is 5.95 Å². The van der Waals surface area contributed by atoms with Crippen molar-refractivity contribution in [3.63, 3.8) is 0 Å². The summed E-state index contributed by atoms with van der Waals surface area (Å²) in [6.45, 7) is 12.7. The number of aryl methyl sites for hydroxylation is 1. The van der Waals surface area contributed by atoms with E-state index in [1.54, 1.807) is 0 Å². The van der Waals surface area contributed by atoms with Gasteiger partial charge in [0.25, 0.3) is 0 Å². The Morgan fingerprint density at radius 1 is 1.25 bits per heavy atom. The highest BCUT2D eigenvalue weighted by atomic mass is 15.2. The third-order valence-corrected chi connectivity index (χ3v) is 2.75. The van der Waals surface area contributed by atoms with Crippen LogP contribution in [0.15, 0.2) is 30.9 Å². The topological polar surface area (TPSA) is 49.8 Å². The van der Waals surface area contributed by atoms with Crippen molar-refractivity contribution in [1.82, 2.24) is 9.97 Å². The summed E-state index contributed by atoms with van der Waals surface area (Å²) in [6.07, 6.45) is 1.82. The van der Waals surface area contributed by atoms with E-state index in [9.17, 15) is 0 Å². The molecule has 2 aromatic rings. The van der Waals surface area contributed by atoms with Crippen LogP contribution in [-0.4, -0.2) is 22.1 Å². The fraction of sp³-hybridized carbons (Fsp3) is 0.375. The second-order valence-corrected chi connectivity index (χ2v) is 5.96. The van der Waals surface area contributed by atoms with E-state index in [-0.39, 0.29) is 5.54 Å². The van der Waals surface area contributed by atoms with Crippen molar-refractivity contribution in [1.29, 1.82) is 0 Å². The van der Waals surface area contributed by atoms with Crippen LogP contribution in [0, 0.1) is 6.92 Å². The summed E-state index contributed by atoms with van der Waals surface area (Å²) in [5, 5.41) is 7.63. The smallest absolute Gasteiger partial charge is 0.225 e. The molecule has 0 amide bonds. The Bertz CT molecular complexity index is 626. The summed E-state index contributed by atoms with van der Waals surface area (Å²) in [5.74, 6) is 1.48. The van der Waals surface area contributed by atoms with Crippen LogP contribution in [0.25, 0.3) is 10.9 Å². The average Bonchev–Trinajstić information content (AvgIpc) is 2.34. The van der Waals surface area contributed by atoms with E-state index in [1.165, 1.54) is 5.56 Å². The lowest BCUT2D eigenvalue weighted by molar-refractivity contribution is 0.627. The minimum atomic E-state index is -0.0753. The molecule has 4 heteroatoms. The van der Waals surface area contributed by atoms with Gasteiger partial charge in [-0.3, -0.25) is 0 Å². The molecule has 0 aliphatic heterocycles. The molecule has 0 saturated carbocycles. The van der Waals surface area contributed by atoms with Gasteiger partial charge < -0.3 is 10.6 Å². The maximum Gasteiger partial charge on any atom is 0.225 e. The van der Waals surface area contributed by atoms with Crippen LogP contribution >= 0.6 is 0 Å². The van der Waals surface area contributed by atoms with E-state index in [4.69, 9.17) is 0 Å². The van der Waals surface area contributed by atoms with Crippen molar-refractivity contribution < 1.29 is 0 Å². The van der Waals surface area contributed by atoms with Crippen molar-refractivity contribution in [2.45, 2.75) is 33.2 Å². The zero-order valence-corrected chi connectivity index (χ0v) is 12.6. The molecule has 0 spiro atoms. The largest absolute Gasteiger partial charge is 0.366 e. The van der Waals surface area contributed by atoms with E-state index in [0.29, 0.717) is 12.5 Å². The summed E-state index contributed by atoms with van der Waals surface area (Å²) >= 11 is 0. The molecule has 0 unspecified atom stereocenters.